The summed E-state index contributed by atoms with van der Waals surface area (Å²) in [6.07, 6.45) is 3.37. The van der Waals surface area contributed by atoms with E-state index >= 15 is 0 Å². The predicted octanol–water partition coefficient (Wildman–Crippen LogP) is 3.40. The van der Waals surface area contributed by atoms with E-state index in [-0.39, 0.29) is 5.92 Å². The molecular weight excluding hydrogens is 326 g/mol. The standard InChI is InChI=1S/C21H21N3O2/c1-14-5-3-6-16(11-14)15(2)12-23-20(25)21(26)24-19-8-4-7-17-13-22-10-9-18(17)19/h3-11,13,15H,12H2,1-2H3,(H,23,25)(H,24,26). The lowest BCUT2D eigenvalue weighted by atomic mass is 9.99. The van der Waals surface area contributed by atoms with Crippen molar-refractivity contribution in [1.82, 2.24) is 10.3 Å². The Balaban J connectivity index is 1.62. The highest BCUT2D eigenvalue weighted by molar-refractivity contribution is 6.40. The van der Waals surface area contributed by atoms with Crippen LogP contribution in [0.2, 0.25) is 0 Å². The minimum atomic E-state index is -0.675. The van der Waals surface area contributed by atoms with Crippen LogP contribution < -0.4 is 10.6 Å². The second-order valence-corrected chi connectivity index (χ2v) is 6.38. The molecule has 0 aliphatic rings. The van der Waals surface area contributed by atoms with E-state index in [2.05, 4.69) is 21.7 Å². The zero-order valence-electron chi connectivity index (χ0n) is 14.8. The molecule has 1 atom stereocenters. The number of hydrogen-bond donors (Lipinski definition) is 2. The molecule has 0 aliphatic heterocycles. The lowest BCUT2D eigenvalue weighted by Gasteiger charge is -2.14. The Morgan fingerprint density at radius 2 is 1.88 bits per heavy atom. The summed E-state index contributed by atoms with van der Waals surface area (Å²) >= 11 is 0. The second-order valence-electron chi connectivity index (χ2n) is 6.38. The summed E-state index contributed by atoms with van der Waals surface area (Å²) in [5, 5.41) is 7.13. The number of nitrogens with zero attached hydrogens (tertiary/aromatic N) is 1. The minimum absolute atomic E-state index is 0.121. The summed E-state index contributed by atoms with van der Waals surface area (Å²) in [6, 6.07) is 15.4. The van der Waals surface area contributed by atoms with E-state index in [1.807, 2.05) is 50.2 Å². The van der Waals surface area contributed by atoms with Crippen LogP contribution >= 0.6 is 0 Å². The number of aromatic nitrogens is 1. The van der Waals surface area contributed by atoms with Gasteiger partial charge in [0.2, 0.25) is 0 Å². The van der Waals surface area contributed by atoms with E-state index in [9.17, 15) is 9.59 Å². The molecule has 0 bridgehead atoms. The van der Waals surface area contributed by atoms with Crippen molar-refractivity contribution in [3.63, 3.8) is 0 Å². The van der Waals surface area contributed by atoms with Gasteiger partial charge in [-0.3, -0.25) is 14.6 Å². The number of hydrogen-bond acceptors (Lipinski definition) is 3. The molecule has 132 valence electrons. The highest BCUT2D eigenvalue weighted by Crippen LogP contribution is 2.22. The van der Waals surface area contributed by atoms with Crippen LogP contribution in [0.4, 0.5) is 5.69 Å². The van der Waals surface area contributed by atoms with E-state index in [0.717, 1.165) is 16.3 Å². The fourth-order valence-corrected chi connectivity index (χ4v) is 2.83. The molecule has 0 spiro atoms. The Labute approximate surface area is 152 Å². The third kappa shape index (κ3) is 4.06. The van der Waals surface area contributed by atoms with Crippen LogP contribution in [0.25, 0.3) is 10.8 Å². The van der Waals surface area contributed by atoms with Crippen molar-refractivity contribution in [2.24, 2.45) is 0 Å². The van der Waals surface area contributed by atoms with Crippen molar-refractivity contribution < 1.29 is 9.59 Å². The normalized spacial score (nSPS) is 11.8. The quantitative estimate of drug-likeness (QED) is 0.711. The summed E-state index contributed by atoms with van der Waals surface area (Å²) in [7, 11) is 0. The van der Waals surface area contributed by atoms with Crippen LogP contribution in [-0.2, 0) is 9.59 Å². The fraction of sp³-hybridized carbons (Fsp3) is 0.190. The Kier molecular flexibility index (Phi) is 5.27. The molecule has 0 aliphatic carbocycles. The molecule has 1 aromatic heterocycles. The van der Waals surface area contributed by atoms with Crippen LogP contribution in [0.3, 0.4) is 0 Å². The lowest BCUT2D eigenvalue weighted by Crippen LogP contribution is -2.37. The first-order chi connectivity index (χ1) is 12.5. The number of pyridine rings is 1. The van der Waals surface area contributed by atoms with Gasteiger partial charge in [0.1, 0.15) is 0 Å². The molecule has 2 aromatic carbocycles. The van der Waals surface area contributed by atoms with Gasteiger partial charge in [-0.2, -0.15) is 0 Å². The summed E-state index contributed by atoms with van der Waals surface area (Å²) < 4.78 is 0. The third-order valence-electron chi connectivity index (χ3n) is 4.32. The molecule has 0 saturated carbocycles. The first kappa shape index (κ1) is 17.6. The number of fused-ring (bicyclic) bond motifs is 1. The van der Waals surface area contributed by atoms with Crippen LogP contribution in [-0.4, -0.2) is 23.3 Å². The maximum Gasteiger partial charge on any atom is 0.313 e. The zero-order valence-corrected chi connectivity index (χ0v) is 14.8. The highest BCUT2D eigenvalue weighted by Gasteiger charge is 2.16. The Morgan fingerprint density at radius 3 is 2.69 bits per heavy atom. The molecule has 0 fully saturated rings. The van der Waals surface area contributed by atoms with Crippen molar-refractivity contribution in [3.8, 4) is 0 Å². The average Bonchev–Trinajstić information content (AvgIpc) is 2.66. The smallest absolute Gasteiger partial charge is 0.313 e. The van der Waals surface area contributed by atoms with Gasteiger partial charge in [0.15, 0.2) is 0 Å². The molecule has 3 aromatic rings. The number of rotatable bonds is 4. The molecule has 26 heavy (non-hydrogen) atoms. The predicted molar refractivity (Wildman–Crippen MR) is 103 cm³/mol. The van der Waals surface area contributed by atoms with Crippen molar-refractivity contribution in [2.75, 3.05) is 11.9 Å². The van der Waals surface area contributed by atoms with Gasteiger partial charge in [-0.15, -0.1) is 0 Å². The summed E-state index contributed by atoms with van der Waals surface area (Å²) in [5.41, 5.74) is 2.90. The fourth-order valence-electron chi connectivity index (χ4n) is 2.83. The molecule has 0 saturated heterocycles. The molecule has 5 nitrogen and oxygen atoms in total. The molecule has 2 amide bonds. The Bertz CT molecular complexity index is 947. The third-order valence-corrected chi connectivity index (χ3v) is 4.32. The van der Waals surface area contributed by atoms with Crippen molar-refractivity contribution in [2.45, 2.75) is 19.8 Å². The minimum Gasteiger partial charge on any atom is -0.347 e. The van der Waals surface area contributed by atoms with Crippen LogP contribution in [0.1, 0.15) is 24.0 Å². The molecule has 2 N–H and O–H groups in total. The van der Waals surface area contributed by atoms with Gasteiger partial charge in [-0.25, -0.2) is 0 Å². The molecule has 5 heteroatoms. The lowest BCUT2D eigenvalue weighted by molar-refractivity contribution is -0.136. The van der Waals surface area contributed by atoms with Gasteiger partial charge in [-0.05, 0) is 30.5 Å². The number of nitrogens with one attached hydrogen (secondary N) is 2. The maximum absolute atomic E-state index is 12.2. The zero-order chi connectivity index (χ0) is 18.5. The van der Waals surface area contributed by atoms with Gasteiger partial charge in [0.05, 0.1) is 0 Å². The number of carbonyl (C=O) groups is 2. The molecular formula is C21H21N3O2. The molecule has 3 rings (SSSR count). The van der Waals surface area contributed by atoms with Gasteiger partial charge < -0.3 is 10.6 Å². The van der Waals surface area contributed by atoms with E-state index in [4.69, 9.17) is 0 Å². The Morgan fingerprint density at radius 1 is 1.08 bits per heavy atom. The first-order valence-corrected chi connectivity index (χ1v) is 8.53. The number of carbonyl (C=O) groups excluding carboxylic acids is 2. The largest absolute Gasteiger partial charge is 0.347 e. The van der Waals surface area contributed by atoms with Gasteiger partial charge in [-0.1, -0.05) is 48.9 Å². The first-order valence-electron chi connectivity index (χ1n) is 8.53. The summed E-state index contributed by atoms with van der Waals surface area (Å²) in [4.78, 5) is 28.4. The molecule has 0 radical (unpaired) electrons. The number of benzene rings is 2. The monoisotopic (exact) mass is 347 g/mol. The molecule has 1 heterocycles. The SMILES string of the molecule is Cc1cccc(C(C)CNC(=O)C(=O)Nc2cccc3cnccc23)c1. The van der Waals surface area contributed by atoms with Crippen LogP contribution in [0, 0.1) is 6.92 Å². The Hall–Kier alpha value is -3.21. The topological polar surface area (TPSA) is 71.1 Å². The second kappa shape index (κ2) is 7.78. The van der Waals surface area contributed by atoms with Crippen molar-refractivity contribution in [1.29, 1.82) is 0 Å². The maximum atomic E-state index is 12.2. The van der Waals surface area contributed by atoms with Crippen molar-refractivity contribution >= 4 is 28.3 Å². The van der Waals surface area contributed by atoms with Gasteiger partial charge in [0, 0.05) is 35.4 Å². The van der Waals surface area contributed by atoms with Crippen molar-refractivity contribution in [3.05, 3.63) is 72.1 Å². The summed E-state index contributed by atoms with van der Waals surface area (Å²) in [6.45, 7) is 4.45. The van der Waals surface area contributed by atoms with E-state index in [1.54, 1.807) is 18.5 Å². The highest BCUT2D eigenvalue weighted by atomic mass is 16.2. The van der Waals surface area contributed by atoms with Gasteiger partial charge in [0.25, 0.3) is 0 Å². The van der Waals surface area contributed by atoms with Crippen LogP contribution in [0.5, 0.6) is 0 Å². The molecule has 1 unspecified atom stereocenters. The average molecular weight is 347 g/mol. The van der Waals surface area contributed by atoms with Crippen LogP contribution in [0.15, 0.2) is 60.9 Å². The van der Waals surface area contributed by atoms with E-state index in [1.165, 1.54) is 5.56 Å². The summed E-state index contributed by atoms with van der Waals surface area (Å²) in [5.74, 6) is -1.20. The van der Waals surface area contributed by atoms with Gasteiger partial charge >= 0.3 is 11.8 Å². The van der Waals surface area contributed by atoms with E-state index < -0.39 is 11.8 Å². The number of amides is 2. The number of anilines is 1. The van der Waals surface area contributed by atoms with E-state index in [0.29, 0.717) is 12.2 Å². The number of aryl methyl sites for hydroxylation is 1.